The molecule has 1 fully saturated rings. The molecule has 0 saturated heterocycles. The smallest absolute Gasteiger partial charge is 0.272 e. The van der Waals surface area contributed by atoms with E-state index in [0.29, 0.717) is 40.9 Å². The average Bonchev–Trinajstić information content (AvgIpc) is 3.28. The predicted octanol–water partition coefficient (Wildman–Crippen LogP) is 3.33. The number of H-pyrrole nitrogens is 1. The van der Waals surface area contributed by atoms with Crippen LogP contribution in [-0.2, 0) is 6.42 Å². The fourth-order valence-corrected chi connectivity index (χ4v) is 3.58. The van der Waals surface area contributed by atoms with E-state index in [2.05, 4.69) is 25.8 Å². The van der Waals surface area contributed by atoms with Crippen molar-refractivity contribution in [2.75, 3.05) is 5.32 Å². The highest BCUT2D eigenvalue weighted by atomic mass is 16.2. The third kappa shape index (κ3) is 3.21. The Labute approximate surface area is 162 Å². The lowest BCUT2D eigenvalue weighted by atomic mass is 10.0. The Morgan fingerprint density at radius 3 is 2.79 bits per heavy atom. The first-order valence-corrected chi connectivity index (χ1v) is 9.41. The molecule has 8 nitrogen and oxygen atoms in total. The summed E-state index contributed by atoms with van der Waals surface area (Å²) in [6.45, 7) is 5.26. The minimum absolute atomic E-state index is 0.0430. The van der Waals surface area contributed by atoms with Crippen LogP contribution in [0.25, 0.3) is 11.4 Å². The van der Waals surface area contributed by atoms with Crippen molar-refractivity contribution in [1.82, 2.24) is 25.2 Å². The van der Waals surface area contributed by atoms with Crippen molar-refractivity contribution in [1.29, 1.82) is 0 Å². The second kappa shape index (κ2) is 7.03. The van der Waals surface area contributed by atoms with Crippen molar-refractivity contribution in [3.05, 3.63) is 46.8 Å². The highest BCUT2D eigenvalue weighted by molar-refractivity contribution is 6.07. The number of ketones is 1. The maximum absolute atomic E-state index is 12.9. The predicted molar refractivity (Wildman–Crippen MR) is 104 cm³/mol. The quantitative estimate of drug-likeness (QED) is 0.640. The number of carbonyl (C=O) groups excluding carboxylic acids is 2. The van der Waals surface area contributed by atoms with Gasteiger partial charge in [0.2, 0.25) is 0 Å². The Kier molecular flexibility index (Phi) is 4.54. The van der Waals surface area contributed by atoms with Crippen molar-refractivity contribution >= 4 is 17.4 Å². The van der Waals surface area contributed by atoms with E-state index in [1.54, 1.807) is 0 Å². The average molecular weight is 378 g/mol. The summed E-state index contributed by atoms with van der Waals surface area (Å²) < 4.78 is 1.84. The number of nitrogens with one attached hydrogen (secondary N) is 2. The monoisotopic (exact) mass is 378 g/mol. The van der Waals surface area contributed by atoms with Gasteiger partial charge in [0.25, 0.3) is 5.91 Å². The number of anilines is 1. The highest BCUT2D eigenvalue weighted by Gasteiger charge is 2.28. The van der Waals surface area contributed by atoms with Gasteiger partial charge in [-0.1, -0.05) is 19.1 Å². The second-order valence-corrected chi connectivity index (χ2v) is 7.10. The Morgan fingerprint density at radius 1 is 1.32 bits per heavy atom. The van der Waals surface area contributed by atoms with Crippen LogP contribution in [0.5, 0.6) is 0 Å². The number of aromatic amines is 1. The summed E-state index contributed by atoms with van der Waals surface area (Å²) in [4.78, 5) is 27.9. The topological polar surface area (TPSA) is 106 Å². The minimum atomic E-state index is -0.272. The largest absolute Gasteiger partial charge is 0.354 e. The van der Waals surface area contributed by atoms with E-state index >= 15 is 0 Å². The summed E-state index contributed by atoms with van der Waals surface area (Å²) in [5, 5.41) is 14.9. The number of carbonyl (C=O) groups is 2. The van der Waals surface area contributed by atoms with Crippen LogP contribution in [0.4, 0.5) is 5.69 Å². The van der Waals surface area contributed by atoms with Crippen LogP contribution in [0.1, 0.15) is 64.8 Å². The molecule has 2 aromatic heterocycles. The molecule has 0 radical (unpaired) electrons. The number of aromatic nitrogens is 5. The molecular formula is C20H22N6O2. The lowest BCUT2D eigenvalue weighted by molar-refractivity contribution is 0.101. The van der Waals surface area contributed by atoms with Crippen LogP contribution < -0.4 is 5.32 Å². The first-order valence-electron chi connectivity index (χ1n) is 9.41. The van der Waals surface area contributed by atoms with E-state index in [1.165, 1.54) is 6.92 Å². The van der Waals surface area contributed by atoms with Gasteiger partial charge in [-0.25, -0.2) is 4.68 Å². The van der Waals surface area contributed by atoms with E-state index in [4.69, 9.17) is 0 Å². The zero-order valence-corrected chi connectivity index (χ0v) is 16.1. The summed E-state index contributed by atoms with van der Waals surface area (Å²) in [6.07, 6.45) is 2.76. The van der Waals surface area contributed by atoms with Gasteiger partial charge in [0.15, 0.2) is 11.6 Å². The standard InChI is InChI=1S/C20H22N6O2/c1-4-16-17(12(3)27)11(2)21-18(16)20(28)22-14-7-5-6-13(10-14)19-23-24-25-26(19)15-8-9-15/h5-7,10,15,21H,4,8-9H2,1-3H3,(H,22,28). The number of aryl methyl sites for hydroxylation is 1. The molecule has 3 aromatic rings. The zero-order valence-electron chi connectivity index (χ0n) is 16.1. The molecule has 0 unspecified atom stereocenters. The Balaban J connectivity index is 1.62. The van der Waals surface area contributed by atoms with Crippen molar-refractivity contribution in [2.45, 2.75) is 46.1 Å². The highest BCUT2D eigenvalue weighted by Crippen LogP contribution is 2.36. The van der Waals surface area contributed by atoms with E-state index in [0.717, 1.165) is 24.0 Å². The number of rotatable bonds is 6. The Morgan fingerprint density at radius 2 is 2.11 bits per heavy atom. The van der Waals surface area contributed by atoms with Gasteiger partial charge in [-0.3, -0.25) is 9.59 Å². The normalized spacial score (nSPS) is 13.5. The van der Waals surface area contributed by atoms with Gasteiger partial charge in [-0.15, -0.1) is 5.10 Å². The second-order valence-electron chi connectivity index (χ2n) is 7.10. The Bertz CT molecular complexity index is 1060. The molecule has 28 heavy (non-hydrogen) atoms. The SMILES string of the molecule is CCc1c(C(=O)Nc2cccc(-c3nnnn3C3CC3)c2)[nH]c(C)c1C(C)=O. The van der Waals surface area contributed by atoms with Gasteiger partial charge in [0.05, 0.1) is 6.04 Å². The first kappa shape index (κ1) is 18.1. The minimum Gasteiger partial charge on any atom is -0.354 e. The molecule has 4 rings (SSSR count). The maximum Gasteiger partial charge on any atom is 0.272 e. The van der Waals surface area contributed by atoms with Crippen LogP contribution >= 0.6 is 0 Å². The van der Waals surface area contributed by atoms with Gasteiger partial charge in [-0.2, -0.15) is 0 Å². The molecule has 2 N–H and O–H groups in total. The van der Waals surface area contributed by atoms with Crippen LogP contribution in [-0.4, -0.2) is 36.9 Å². The molecule has 0 spiro atoms. The summed E-state index contributed by atoms with van der Waals surface area (Å²) >= 11 is 0. The van der Waals surface area contributed by atoms with E-state index in [-0.39, 0.29) is 11.7 Å². The number of hydrogen-bond donors (Lipinski definition) is 2. The van der Waals surface area contributed by atoms with Gasteiger partial charge in [-0.05, 0) is 61.2 Å². The van der Waals surface area contributed by atoms with E-state index in [1.807, 2.05) is 42.8 Å². The van der Waals surface area contributed by atoms with Gasteiger partial charge in [0.1, 0.15) is 5.69 Å². The fourth-order valence-electron chi connectivity index (χ4n) is 3.58. The summed E-state index contributed by atoms with van der Waals surface area (Å²) in [5.74, 6) is 0.382. The molecule has 0 atom stereocenters. The van der Waals surface area contributed by atoms with Crippen molar-refractivity contribution in [3.63, 3.8) is 0 Å². The number of tetrazole rings is 1. The molecule has 0 aliphatic heterocycles. The number of benzene rings is 1. The number of Topliss-reactive ketones (excluding diaryl/α,β-unsaturated/α-hetero) is 1. The lowest BCUT2D eigenvalue weighted by Crippen LogP contribution is -2.15. The third-order valence-electron chi connectivity index (χ3n) is 4.99. The van der Waals surface area contributed by atoms with Crippen LogP contribution in [0.15, 0.2) is 24.3 Å². The Hall–Kier alpha value is -3.29. The summed E-state index contributed by atoms with van der Waals surface area (Å²) in [6, 6.07) is 7.82. The van der Waals surface area contributed by atoms with Crippen molar-refractivity contribution in [2.24, 2.45) is 0 Å². The van der Waals surface area contributed by atoms with Crippen LogP contribution in [0.2, 0.25) is 0 Å². The fraction of sp³-hybridized carbons (Fsp3) is 0.350. The number of hydrogen-bond acceptors (Lipinski definition) is 5. The molecule has 8 heteroatoms. The van der Waals surface area contributed by atoms with Crippen molar-refractivity contribution in [3.8, 4) is 11.4 Å². The maximum atomic E-state index is 12.9. The van der Waals surface area contributed by atoms with E-state index in [9.17, 15) is 9.59 Å². The first-order chi connectivity index (χ1) is 13.5. The van der Waals surface area contributed by atoms with Gasteiger partial charge >= 0.3 is 0 Å². The van der Waals surface area contributed by atoms with Crippen LogP contribution in [0.3, 0.4) is 0 Å². The van der Waals surface area contributed by atoms with Crippen LogP contribution in [0, 0.1) is 6.92 Å². The van der Waals surface area contributed by atoms with Gasteiger partial charge in [0, 0.05) is 22.5 Å². The number of nitrogens with zero attached hydrogens (tertiary/aromatic N) is 4. The third-order valence-corrected chi connectivity index (χ3v) is 4.99. The molecule has 1 aromatic carbocycles. The molecule has 144 valence electrons. The molecule has 0 bridgehead atoms. The molecule has 1 amide bonds. The molecular weight excluding hydrogens is 356 g/mol. The zero-order chi connectivity index (χ0) is 19.8. The number of amides is 1. The van der Waals surface area contributed by atoms with Gasteiger partial charge < -0.3 is 10.3 Å². The summed E-state index contributed by atoms with van der Waals surface area (Å²) in [7, 11) is 0. The van der Waals surface area contributed by atoms with E-state index < -0.39 is 0 Å². The van der Waals surface area contributed by atoms with Crippen molar-refractivity contribution < 1.29 is 9.59 Å². The molecule has 1 aliphatic carbocycles. The summed E-state index contributed by atoms with van der Waals surface area (Å²) in [5.41, 5.74) is 3.98. The molecule has 1 saturated carbocycles. The molecule has 2 heterocycles. The molecule has 1 aliphatic rings. The lowest BCUT2D eigenvalue weighted by Gasteiger charge is -2.08.